The van der Waals surface area contributed by atoms with Crippen LogP contribution in [0.5, 0.6) is 0 Å². The maximum absolute atomic E-state index is 13.1. The lowest BCUT2D eigenvalue weighted by Crippen LogP contribution is -2.11. The number of nitrogens with zero attached hydrogens (tertiary/aromatic N) is 2. The molecular weight excluding hydrogens is 273 g/mol. The Labute approximate surface area is 122 Å². The number of hydrogen-bond acceptors (Lipinski definition) is 4. The smallest absolute Gasteiger partial charge is 0.360 e. The molecule has 1 aromatic heterocycles. The second-order valence-electron chi connectivity index (χ2n) is 4.64. The molecule has 1 aromatic carbocycles. The Bertz CT molecular complexity index is 652. The van der Waals surface area contributed by atoms with Crippen LogP contribution in [-0.4, -0.2) is 22.1 Å². The van der Waals surface area contributed by atoms with Gasteiger partial charge in [-0.25, -0.2) is 14.2 Å². The van der Waals surface area contributed by atoms with Gasteiger partial charge in [0.25, 0.3) is 0 Å². The van der Waals surface area contributed by atoms with Gasteiger partial charge in [0.1, 0.15) is 17.5 Å². The Hall–Kier alpha value is -2.37. The summed E-state index contributed by atoms with van der Waals surface area (Å²) >= 11 is 0. The number of carbonyl (C=O) groups is 1. The van der Waals surface area contributed by atoms with Gasteiger partial charge in [0.2, 0.25) is 0 Å². The second kappa shape index (κ2) is 6.39. The number of benzene rings is 1. The number of hydrogen-bond donors (Lipinski definition) is 1. The third-order valence-corrected chi connectivity index (χ3v) is 3.18. The number of halogens is 1. The first-order valence-corrected chi connectivity index (χ1v) is 6.77. The number of anilines is 1. The summed E-state index contributed by atoms with van der Waals surface area (Å²) in [7, 11) is 0. The molecule has 0 radical (unpaired) electrons. The fourth-order valence-electron chi connectivity index (χ4n) is 2.15. The van der Waals surface area contributed by atoms with Crippen LogP contribution in [0.1, 0.15) is 28.8 Å². The summed E-state index contributed by atoms with van der Waals surface area (Å²) in [5.74, 6) is 0.118. The van der Waals surface area contributed by atoms with Gasteiger partial charge >= 0.3 is 5.97 Å². The molecule has 0 aliphatic carbocycles. The van der Waals surface area contributed by atoms with Crippen LogP contribution >= 0.6 is 0 Å². The molecule has 0 aliphatic heterocycles. The fraction of sp³-hybridized carbons (Fsp3) is 0.333. The Balaban J connectivity index is 2.15. The molecule has 0 fully saturated rings. The summed E-state index contributed by atoms with van der Waals surface area (Å²) in [6.07, 6.45) is 0.599. The molecule has 0 saturated carbocycles. The Morgan fingerprint density at radius 2 is 2.24 bits per heavy atom. The molecule has 2 N–H and O–H groups in total. The van der Waals surface area contributed by atoms with E-state index in [9.17, 15) is 9.18 Å². The number of esters is 1. The van der Waals surface area contributed by atoms with Crippen LogP contribution in [0, 0.1) is 12.7 Å². The molecule has 0 bridgehead atoms. The normalized spacial score (nSPS) is 10.6. The Morgan fingerprint density at radius 3 is 2.90 bits per heavy atom. The quantitative estimate of drug-likeness (QED) is 0.858. The lowest BCUT2D eigenvalue weighted by Gasteiger charge is -2.08. The topological polar surface area (TPSA) is 70.1 Å². The van der Waals surface area contributed by atoms with E-state index < -0.39 is 5.97 Å². The van der Waals surface area contributed by atoms with E-state index in [1.807, 2.05) is 6.07 Å². The predicted molar refractivity (Wildman–Crippen MR) is 77.4 cm³/mol. The number of carbonyl (C=O) groups excluding carboxylic acids is 1. The van der Waals surface area contributed by atoms with Crippen molar-refractivity contribution in [1.82, 2.24) is 9.55 Å². The largest absolute Gasteiger partial charge is 0.461 e. The van der Waals surface area contributed by atoms with Crippen molar-refractivity contribution >= 4 is 11.8 Å². The summed E-state index contributed by atoms with van der Waals surface area (Å²) < 4.78 is 19.8. The van der Waals surface area contributed by atoms with Gasteiger partial charge in [-0.3, -0.25) is 0 Å². The van der Waals surface area contributed by atoms with Gasteiger partial charge in [0, 0.05) is 6.54 Å². The minimum atomic E-state index is -0.525. The summed E-state index contributed by atoms with van der Waals surface area (Å²) in [5.41, 5.74) is 6.95. The highest BCUT2D eigenvalue weighted by molar-refractivity contribution is 5.92. The first kappa shape index (κ1) is 15.0. The van der Waals surface area contributed by atoms with Crippen molar-refractivity contribution in [2.24, 2.45) is 0 Å². The number of nitrogens with two attached hydrogens (primary N) is 1. The van der Waals surface area contributed by atoms with Crippen molar-refractivity contribution in [3.05, 3.63) is 47.2 Å². The monoisotopic (exact) mass is 291 g/mol. The van der Waals surface area contributed by atoms with Crippen LogP contribution in [0.3, 0.4) is 0 Å². The van der Waals surface area contributed by atoms with E-state index in [1.54, 1.807) is 24.5 Å². The van der Waals surface area contributed by atoms with Gasteiger partial charge in [0.05, 0.1) is 6.61 Å². The van der Waals surface area contributed by atoms with E-state index in [4.69, 9.17) is 10.5 Å². The fourth-order valence-corrected chi connectivity index (χ4v) is 2.15. The van der Waals surface area contributed by atoms with Crippen molar-refractivity contribution in [1.29, 1.82) is 0 Å². The van der Waals surface area contributed by atoms with Crippen LogP contribution in [0.2, 0.25) is 0 Å². The summed E-state index contributed by atoms with van der Waals surface area (Å²) in [6.45, 7) is 4.29. The lowest BCUT2D eigenvalue weighted by atomic mass is 10.1. The third-order valence-electron chi connectivity index (χ3n) is 3.18. The van der Waals surface area contributed by atoms with Gasteiger partial charge in [0.15, 0.2) is 5.69 Å². The average molecular weight is 291 g/mol. The molecule has 0 saturated heterocycles. The maximum Gasteiger partial charge on any atom is 0.360 e. The highest BCUT2D eigenvalue weighted by atomic mass is 19.1. The zero-order valence-corrected chi connectivity index (χ0v) is 12.1. The second-order valence-corrected chi connectivity index (χ2v) is 4.64. The van der Waals surface area contributed by atoms with E-state index >= 15 is 0 Å². The van der Waals surface area contributed by atoms with E-state index in [1.165, 1.54) is 12.1 Å². The van der Waals surface area contributed by atoms with Gasteiger partial charge in [-0.05, 0) is 38.0 Å². The van der Waals surface area contributed by atoms with Gasteiger partial charge in [-0.1, -0.05) is 12.1 Å². The number of ether oxygens (including phenoxy) is 1. The molecule has 0 atom stereocenters. The number of nitrogen functional groups attached to an aromatic ring is 1. The zero-order valence-electron chi connectivity index (χ0n) is 12.1. The standard InChI is InChI=1S/C15H18FN3O2/c1-3-21-15(20)13-14(17)19(10(2)18-13)8-7-11-5-4-6-12(16)9-11/h4-6,9H,3,7-8,17H2,1-2H3. The van der Waals surface area contributed by atoms with Crippen LogP contribution in [0.4, 0.5) is 10.2 Å². The minimum absolute atomic E-state index is 0.133. The van der Waals surface area contributed by atoms with E-state index in [-0.39, 0.29) is 23.9 Å². The van der Waals surface area contributed by atoms with Crippen molar-refractivity contribution < 1.29 is 13.9 Å². The number of aromatic nitrogens is 2. The SMILES string of the molecule is CCOC(=O)c1nc(C)n(CCc2cccc(F)c2)c1N. The molecule has 0 unspecified atom stereocenters. The molecule has 112 valence electrons. The van der Waals surface area contributed by atoms with Gasteiger partial charge in [-0.2, -0.15) is 0 Å². The highest BCUT2D eigenvalue weighted by Crippen LogP contribution is 2.16. The Kier molecular flexibility index (Phi) is 4.57. The molecular formula is C15H18FN3O2. The zero-order chi connectivity index (χ0) is 15.4. The van der Waals surface area contributed by atoms with Gasteiger partial charge < -0.3 is 15.0 Å². The first-order valence-electron chi connectivity index (χ1n) is 6.77. The molecule has 2 rings (SSSR count). The van der Waals surface area contributed by atoms with Crippen molar-refractivity contribution in [2.75, 3.05) is 12.3 Å². The molecule has 2 aromatic rings. The van der Waals surface area contributed by atoms with Crippen LogP contribution in [-0.2, 0) is 17.7 Å². The minimum Gasteiger partial charge on any atom is -0.461 e. The lowest BCUT2D eigenvalue weighted by molar-refractivity contribution is 0.0521. The molecule has 5 nitrogen and oxygen atoms in total. The third kappa shape index (κ3) is 3.39. The summed E-state index contributed by atoms with van der Waals surface area (Å²) in [4.78, 5) is 15.9. The molecule has 21 heavy (non-hydrogen) atoms. The average Bonchev–Trinajstić information content (AvgIpc) is 2.72. The maximum atomic E-state index is 13.1. The van der Waals surface area contributed by atoms with Crippen LogP contribution in [0.25, 0.3) is 0 Å². The van der Waals surface area contributed by atoms with Crippen molar-refractivity contribution in [3.8, 4) is 0 Å². The summed E-state index contributed by atoms with van der Waals surface area (Å²) in [5, 5.41) is 0. The highest BCUT2D eigenvalue weighted by Gasteiger charge is 2.19. The molecule has 0 aliphatic rings. The molecule has 6 heteroatoms. The van der Waals surface area contributed by atoms with E-state index in [0.717, 1.165) is 5.56 Å². The first-order chi connectivity index (χ1) is 10.0. The Morgan fingerprint density at radius 1 is 1.48 bits per heavy atom. The van der Waals surface area contributed by atoms with E-state index in [0.29, 0.717) is 18.8 Å². The van der Waals surface area contributed by atoms with Crippen molar-refractivity contribution in [3.63, 3.8) is 0 Å². The van der Waals surface area contributed by atoms with Crippen LogP contribution in [0.15, 0.2) is 24.3 Å². The predicted octanol–water partition coefficient (Wildman–Crippen LogP) is 2.33. The molecule has 1 heterocycles. The van der Waals surface area contributed by atoms with Crippen LogP contribution < -0.4 is 5.73 Å². The molecule has 0 spiro atoms. The van der Waals surface area contributed by atoms with Gasteiger partial charge in [-0.15, -0.1) is 0 Å². The number of rotatable bonds is 5. The number of imidazole rings is 1. The molecule has 0 amide bonds. The van der Waals surface area contributed by atoms with Crippen molar-refractivity contribution in [2.45, 2.75) is 26.8 Å². The number of aryl methyl sites for hydroxylation is 2. The van der Waals surface area contributed by atoms with E-state index in [2.05, 4.69) is 4.98 Å². The summed E-state index contributed by atoms with van der Waals surface area (Å²) in [6, 6.07) is 6.39.